The Bertz CT molecular complexity index is 1150. The maximum atomic E-state index is 13.8. The van der Waals surface area contributed by atoms with Crippen molar-refractivity contribution < 1.29 is 26.3 Å². The average Bonchev–Trinajstić information content (AvgIpc) is 3.12. The molecule has 6 nitrogen and oxygen atoms in total. The van der Waals surface area contributed by atoms with Gasteiger partial charge in [0.15, 0.2) is 0 Å². The zero-order valence-electron chi connectivity index (χ0n) is 18.2. The predicted molar refractivity (Wildman–Crippen MR) is 117 cm³/mol. The summed E-state index contributed by atoms with van der Waals surface area (Å²) in [7, 11) is -3.83. The minimum atomic E-state index is -4.76. The van der Waals surface area contributed by atoms with Gasteiger partial charge in [-0.05, 0) is 55.7 Å². The molecule has 33 heavy (non-hydrogen) atoms. The molecule has 2 aliphatic rings. The number of nitrogens with zero attached hydrogens (tertiary/aromatic N) is 3. The molecule has 1 fully saturated rings. The maximum absolute atomic E-state index is 13.8. The summed E-state index contributed by atoms with van der Waals surface area (Å²) in [4.78, 5) is 1.95. The highest BCUT2D eigenvalue weighted by atomic mass is 32.2. The molecule has 2 aromatic rings. The van der Waals surface area contributed by atoms with Crippen LogP contribution in [0.25, 0.3) is 0 Å². The van der Waals surface area contributed by atoms with Gasteiger partial charge in [-0.25, -0.2) is 8.42 Å². The average molecular weight is 480 g/mol. The number of fused-ring (bicyclic) bond motifs is 1. The molecule has 0 radical (unpaired) electrons. The molecule has 0 amide bonds. The second-order valence-corrected chi connectivity index (χ2v) is 10.5. The van der Waals surface area contributed by atoms with Crippen LogP contribution in [0.5, 0.6) is 5.75 Å². The Morgan fingerprint density at radius 2 is 1.64 bits per heavy atom. The smallest absolute Gasteiger partial charge is 0.406 e. The van der Waals surface area contributed by atoms with Crippen LogP contribution in [0.1, 0.15) is 30.2 Å². The first-order valence-electron chi connectivity index (χ1n) is 10.6. The van der Waals surface area contributed by atoms with Crippen molar-refractivity contribution in [2.45, 2.75) is 44.0 Å². The number of benzene rings is 2. The van der Waals surface area contributed by atoms with Gasteiger partial charge in [0, 0.05) is 30.9 Å². The van der Waals surface area contributed by atoms with Crippen LogP contribution in [-0.2, 0) is 16.4 Å². The topological polar surface area (TPSA) is 73.6 Å². The minimum Gasteiger partial charge on any atom is -0.406 e. The van der Waals surface area contributed by atoms with Gasteiger partial charge in [0.1, 0.15) is 11.0 Å². The molecule has 1 aliphatic carbocycles. The second kappa shape index (κ2) is 8.54. The van der Waals surface area contributed by atoms with Crippen LogP contribution in [0.4, 0.5) is 18.9 Å². The van der Waals surface area contributed by atoms with E-state index in [1.165, 1.54) is 28.6 Å². The number of sulfonamides is 1. The standard InChI is InChI=1S/C23H24F3N3O3S/c1-15-13-28(19-7-9-20(10-8-19)32-23(24,25)26)14-16(2)29(15)33(30,31)22-18(12-27)11-17-5-3-4-6-21(17)22/h3-10,15-16,18,22H,11,13-14H2,1-2H3/t15?,16?,18-,22+/m1/s1. The van der Waals surface area contributed by atoms with Crippen molar-refractivity contribution in [2.24, 2.45) is 5.92 Å². The summed E-state index contributed by atoms with van der Waals surface area (Å²) in [5, 5.41) is 8.76. The normalized spacial score (nSPS) is 26.0. The van der Waals surface area contributed by atoms with Gasteiger partial charge in [-0.1, -0.05) is 24.3 Å². The highest BCUT2D eigenvalue weighted by Crippen LogP contribution is 2.44. The van der Waals surface area contributed by atoms with E-state index in [-0.39, 0.29) is 5.75 Å². The first kappa shape index (κ1) is 23.4. The van der Waals surface area contributed by atoms with Crippen molar-refractivity contribution in [3.63, 3.8) is 0 Å². The van der Waals surface area contributed by atoms with Crippen molar-refractivity contribution in [1.82, 2.24) is 4.31 Å². The van der Waals surface area contributed by atoms with Gasteiger partial charge < -0.3 is 9.64 Å². The van der Waals surface area contributed by atoms with Crippen molar-refractivity contribution >= 4 is 15.7 Å². The molecule has 10 heteroatoms. The lowest BCUT2D eigenvalue weighted by Crippen LogP contribution is -2.59. The summed E-state index contributed by atoms with van der Waals surface area (Å²) < 4.78 is 70.3. The minimum absolute atomic E-state index is 0.309. The van der Waals surface area contributed by atoms with Gasteiger partial charge >= 0.3 is 6.36 Å². The summed E-state index contributed by atoms with van der Waals surface area (Å²) in [5.41, 5.74) is 2.25. The Morgan fingerprint density at radius 1 is 1.03 bits per heavy atom. The fourth-order valence-electron chi connectivity index (χ4n) is 5.05. The van der Waals surface area contributed by atoms with Crippen LogP contribution in [0.3, 0.4) is 0 Å². The van der Waals surface area contributed by atoms with Crippen molar-refractivity contribution in [3.05, 3.63) is 59.7 Å². The van der Waals surface area contributed by atoms with Crippen LogP contribution in [0, 0.1) is 17.2 Å². The quantitative estimate of drug-likeness (QED) is 0.656. The van der Waals surface area contributed by atoms with E-state index in [2.05, 4.69) is 10.8 Å². The SMILES string of the molecule is CC1CN(c2ccc(OC(F)(F)F)cc2)CC(C)N1S(=O)(=O)[C@@H]1c2ccccc2C[C@@H]1C#N. The molecule has 1 aliphatic heterocycles. The summed E-state index contributed by atoms with van der Waals surface area (Å²) in [5.74, 6) is -0.956. The first-order valence-corrected chi connectivity index (χ1v) is 12.1. The highest BCUT2D eigenvalue weighted by molar-refractivity contribution is 7.89. The number of hydrogen-bond acceptors (Lipinski definition) is 5. The number of rotatable bonds is 4. The van der Waals surface area contributed by atoms with Crippen LogP contribution in [-0.4, -0.2) is 44.3 Å². The maximum Gasteiger partial charge on any atom is 0.573 e. The summed E-state index contributed by atoms with van der Waals surface area (Å²) >= 11 is 0. The van der Waals surface area contributed by atoms with E-state index >= 15 is 0 Å². The predicted octanol–water partition coefficient (Wildman–Crippen LogP) is 4.25. The third-order valence-corrected chi connectivity index (χ3v) is 8.75. The lowest BCUT2D eigenvalue weighted by molar-refractivity contribution is -0.274. The van der Waals surface area contributed by atoms with E-state index in [0.29, 0.717) is 30.8 Å². The Kier molecular flexibility index (Phi) is 6.05. The van der Waals surface area contributed by atoms with Crippen molar-refractivity contribution in [1.29, 1.82) is 5.26 Å². The number of piperazine rings is 1. The molecule has 0 saturated carbocycles. The molecule has 0 N–H and O–H groups in total. The first-order chi connectivity index (χ1) is 15.5. The van der Waals surface area contributed by atoms with Crippen LogP contribution >= 0.6 is 0 Å². The molecule has 2 unspecified atom stereocenters. The molecule has 0 aromatic heterocycles. The van der Waals surface area contributed by atoms with E-state index in [0.717, 1.165) is 5.56 Å². The van der Waals surface area contributed by atoms with Crippen molar-refractivity contribution in [2.75, 3.05) is 18.0 Å². The fourth-order valence-corrected chi connectivity index (χ4v) is 7.57. The number of ether oxygens (including phenoxy) is 1. The van der Waals surface area contributed by atoms with Gasteiger partial charge in [-0.2, -0.15) is 9.57 Å². The van der Waals surface area contributed by atoms with Gasteiger partial charge in [-0.15, -0.1) is 13.2 Å². The molecule has 2 aromatic carbocycles. The monoisotopic (exact) mass is 479 g/mol. The fraction of sp³-hybridized carbons (Fsp3) is 0.435. The molecule has 0 bridgehead atoms. The number of alkyl halides is 3. The van der Waals surface area contributed by atoms with Crippen molar-refractivity contribution in [3.8, 4) is 11.8 Å². The van der Waals surface area contributed by atoms with E-state index in [1.54, 1.807) is 12.1 Å². The molecule has 0 spiro atoms. The van der Waals surface area contributed by atoms with Crippen LogP contribution in [0.2, 0.25) is 0 Å². The van der Waals surface area contributed by atoms with Crippen LogP contribution in [0.15, 0.2) is 48.5 Å². The van der Waals surface area contributed by atoms with Gasteiger partial charge in [0.25, 0.3) is 0 Å². The number of hydrogen-bond donors (Lipinski definition) is 0. The van der Waals surface area contributed by atoms with E-state index in [9.17, 15) is 26.9 Å². The third kappa shape index (κ3) is 4.52. The Labute approximate surface area is 191 Å². The second-order valence-electron chi connectivity index (χ2n) is 8.58. The lowest BCUT2D eigenvalue weighted by Gasteiger charge is -2.45. The number of anilines is 1. The lowest BCUT2D eigenvalue weighted by atomic mass is 10.1. The molecule has 4 atom stereocenters. The molecular formula is C23H24F3N3O3S. The van der Waals surface area contributed by atoms with Gasteiger partial charge in [-0.3, -0.25) is 0 Å². The molecule has 1 heterocycles. The zero-order chi connectivity index (χ0) is 24.0. The Hall–Kier alpha value is -2.77. The van der Waals surface area contributed by atoms with E-state index in [1.807, 2.05) is 30.9 Å². The number of halogens is 3. The molecule has 4 rings (SSSR count). The van der Waals surface area contributed by atoms with E-state index in [4.69, 9.17) is 0 Å². The summed E-state index contributed by atoms with van der Waals surface area (Å²) in [6, 6.07) is 14.2. The van der Waals surface area contributed by atoms with Gasteiger partial charge in [0.2, 0.25) is 10.0 Å². The molecule has 176 valence electrons. The highest BCUT2D eigenvalue weighted by Gasteiger charge is 2.48. The summed E-state index contributed by atoms with van der Waals surface area (Å²) in [6.07, 6.45) is -4.35. The third-order valence-electron chi connectivity index (χ3n) is 6.22. The van der Waals surface area contributed by atoms with Crippen LogP contribution < -0.4 is 9.64 Å². The van der Waals surface area contributed by atoms with E-state index < -0.39 is 39.6 Å². The Balaban J connectivity index is 1.56. The zero-order valence-corrected chi connectivity index (χ0v) is 19.0. The Morgan fingerprint density at radius 3 is 2.21 bits per heavy atom. The molecular weight excluding hydrogens is 455 g/mol. The molecule has 1 saturated heterocycles. The largest absolute Gasteiger partial charge is 0.573 e. The van der Waals surface area contributed by atoms with Gasteiger partial charge in [0.05, 0.1) is 12.0 Å². The summed E-state index contributed by atoms with van der Waals surface area (Å²) in [6.45, 7) is 4.36. The number of nitriles is 1.